The van der Waals surface area contributed by atoms with E-state index in [0.717, 1.165) is 6.42 Å². The molecule has 3 atom stereocenters. The van der Waals surface area contributed by atoms with Crippen LogP contribution >= 0.6 is 0 Å². The summed E-state index contributed by atoms with van der Waals surface area (Å²) in [5, 5.41) is 3.16. The molecule has 1 amide bonds. The quantitative estimate of drug-likeness (QED) is 0.867. The van der Waals surface area contributed by atoms with Gasteiger partial charge >= 0.3 is 6.18 Å². The number of alkyl halides is 3. The van der Waals surface area contributed by atoms with E-state index < -0.39 is 12.1 Å². The molecule has 1 aliphatic carbocycles. The van der Waals surface area contributed by atoms with Crippen LogP contribution in [0, 0.1) is 5.92 Å². The summed E-state index contributed by atoms with van der Waals surface area (Å²) in [7, 11) is 0. The first-order valence-electron chi connectivity index (χ1n) is 7.42. The Labute approximate surface area is 117 Å². The van der Waals surface area contributed by atoms with E-state index in [4.69, 9.17) is 0 Å². The second kappa shape index (κ2) is 5.92. The van der Waals surface area contributed by atoms with Crippen LogP contribution in [0.2, 0.25) is 0 Å². The Hall–Kier alpha value is -0.780. The van der Waals surface area contributed by atoms with Crippen molar-refractivity contribution < 1.29 is 18.0 Å². The minimum Gasteiger partial charge on any atom is -0.339 e. The Morgan fingerprint density at radius 2 is 1.95 bits per heavy atom. The number of carbonyl (C=O) groups is 1. The van der Waals surface area contributed by atoms with Gasteiger partial charge in [-0.05, 0) is 39.5 Å². The summed E-state index contributed by atoms with van der Waals surface area (Å²) >= 11 is 0. The molecule has 0 aromatic carbocycles. The molecular formula is C14H23F3N2O. The highest BCUT2D eigenvalue weighted by Gasteiger charge is 2.43. The van der Waals surface area contributed by atoms with E-state index in [2.05, 4.69) is 5.32 Å². The van der Waals surface area contributed by atoms with Crippen molar-refractivity contribution in [1.29, 1.82) is 0 Å². The molecule has 0 unspecified atom stereocenters. The van der Waals surface area contributed by atoms with Gasteiger partial charge in [0.25, 0.3) is 0 Å². The third kappa shape index (κ3) is 3.45. The summed E-state index contributed by atoms with van der Waals surface area (Å²) in [6.07, 6.45) is -1.77. The van der Waals surface area contributed by atoms with Crippen LogP contribution in [0.5, 0.6) is 0 Å². The highest BCUT2D eigenvalue weighted by atomic mass is 19.4. The van der Waals surface area contributed by atoms with Crippen LogP contribution in [0.25, 0.3) is 0 Å². The second-order valence-corrected chi connectivity index (χ2v) is 6.24. The van der Waals surface area contributed by atoms with Gasteiger partial charge in [-0.3, -0.25) is 4.79 Å². The van der Waals surface area contributed by atoms with Crippen LogP contribution in [0.3, 0.4) is 0 Å². The second-order valence-electron chi connectivity index (χ2n) is 6.24. The van der Waals surface area contributed by atoms with Crippen LogP contribution in [0.4, 0.5) is 13.2 Å². The number of rotatable bonds is 3. The Kier molecular flexibility index (Phi) is 4.62. The monoisotopic (exact) mass is 292 g/mol. The number of likely N-dealkylation sites (tertiary alicyclic amines) is 1. The van der Waals surface area contributed by atoms with Gasteiger partial charge in [-0.25, -0.2) is 0 Å². The lowest BCUT2D eigenvalue weighted by Crippen LogP contribution is -2.47. The van der Waals surface area contributed by atoms with E-state index in [9.17, 15) is 18.0 Å². The maximum Gasteiger partial charge on any atom is 0.391 e. The van der Waals surface area contributed by atoms with Gasteiger partial charge in [0.05, 0.1) is 12.0 Å². The topological polar surface area (TPSA) is 32.3 Å². The Morgan fingerprint density at radius 1 is 1.25 bits per heavy atom. The Balaban J connectivity index is 1.89. The standard InChI is InChI=1S/C14H23F3N2O/c1-9(2)19-7-6-12(13(19)20)18-11-5-3-4-10(8-11)14(15,16)17/h9-12,18H,3-8H2,1-2H3/t10-,11+,12+/m1/s1. The fourth-order valence-corrected chi connectivity index (χ4v) is 3.29. The predicted octanol–water partition coefficient (Wildman–Crippen LogP) is 2.71. The summed E-state index contributed by atoms with van der Waals surface area (Å²) in [5.41, 5.74) is 0. The van der Waals surface area contributed by atoms with Crippen LogP contribution in [-0.2, 0) is 4.79 Å². The van der Waals surface area contributed by atoms with Crippen molar-refractivity contribution in [3.05, 3.63) is 0 Å². The molecule has 1 saturated carbocycles. The summed E-state index contributed by atoms with van der Waals surface area (Å²) < 4.78 is 38.3. The zero-order valence-corrected chi connectivity index (χ0v) is 12.0. The van der Waals surface area contributed by atoms with Gasteiger partial charge in [-0.1, -0.05) is 6.42 Å². The third-order valence-electron chi connectivity index (χ3n) is 4.44. The molecule has 116 valence electrons. The van der Waals surface area contributed by atoms with E-state index >= 15 is 0 Å². The van der Waals surface area contributed by atoms with E-state index in [1.165, 1.54) is 0 Å². The molecule has 0 aromatic heterocycles. The van der Waals surface area contributed by atoms with Gasteiger partial charge < -0.3 is 10.2 Å². The number of halogens is 3. The van der Waals surface area contributed by atoms with Crippen LogP contribution in [0.15, 0.2) is 0 Å². The zero-order chi connectivity index (χ0) is 14.9. The minimum absolute atomic E-state index is 0.0362. The number of hydrogen-bond donors (Lipinski definition) is 1. The van der Waals surface area contributed by atoms with Crippen LogP contribution < -0.4 is 5.32 Å². The fraction of sp³-hybridized carbons (Fsp3) is 0.929. The molecule has 2 rings (SSSR count). The van der Waals surface area contributed by atoms with Crippen LogP contribution in [-0.4, -0.2) is 41.7 Å². The van der Waals surface area contributed by atoms with Crippen LogP contribution in [0.1, 0.15) is 46.0 Å². The molecule has 0 radical (unpaired) electrons. The number of carbonyl (C=O) groups excluding carboxylic acids is 1. The Bertz CT molecular complexity index is 357. The number of hydrogen-bond acceptors (Lipinski definition) is 2. The summed E-state index contributed by atoms with van der Waals surface area (Å²) in [6.45, 7) is 4.62. The van der Waals surface area contributed by atoms with Crippen molar-refractivity contribution >= 4 is 5.91 Å². The van der Waals surface area contributed by atoms with Gasteiger partial charge in [-0.15, -0.1) is 0 Å². The molecule has 1 aliphatic heterocycles. The molecular weight excluding hydrogens is 269 g/mol. The maximum atomic E-state index is 12.8. The van der Waals surface area contributed by atoms with Crippen molar-refractivity contribution in [2.24, 2.45) is 5.92 Å². The molecule has 0 aromatic rings. The molecule has 1 saturated heterocycles. The molecule has 0 bridgehead atoms. The molecule has 20 heavy (non-hydrogen) atoms. The zero-order valence-electron chi connectivity index (χ0n) is 12.0. The molecule has 2 fully saturated rings. The Morgan fingerprint density at radius 3 is 2.50 bits per heavy atom. The van der Waals surface area contributed by atoms with E-state index in [0.29, 0.717) is 19.4 Å². The first kappa shape index (κ1) is 15.6. The van der Waals surface area contributed by atoms with Gasteiger partial charge in [0.2, 0.25) is 5.91 Å². The van der Waals surface area contributed by atoms with E-state index in [1.807, 2.05) is 13.8 Å². The number of nitrogens with one attached hydrogen (secondary N) is 1. The molecule has 1 heterocycles. The lowest BCUT2D eigenvalue weighted by Gasteiger charge is -2.32. The highest BCUT2D eigenvalue weighted by molar-refractivity contribution is 5.84. The fourth-order valence-electron chi connectivity index (χ4n) is 3.29. The van der Waals surface area contributed by atoms with Gasteiger partial charge in [0.1, 0.15) is 0 Å². The third-order valence-corrected chi connectivity index (χ3v) is 4.44. The average Bonchev–Trinajstić information content (AvgIpc) is 2.70. The predicted molar refractivity (Wildman–Crippen MR) is 70.2 cm³/mol. The largest absolute Gasteiger partial charge is 0.391 e. The van der Waals surface area contributed by atoms with E-state index in [-0.39, 0.29) is 36.9 Å². The lowest BCUT2D eigenvalue weighted by molar-refractivity contribution is -0.183. The van der Waals surface area contributed by atoms with Gasteiger partial charge in [0.15, 0.2) is 0 Å². The smallest absolute Gasteiger partial charge is 0.339 e. The lowest BCUT2D eigenvalue weighted by atomic mass is 9.85. The van der Waals surface area contributed by atoms with Crippen molar-refractivity contribution in [1.82, 2.24) is 10.2 Å². The SMILES string of the molecule is CC(C)N1CC[C@H](N[C@H]2CCC[C@@H](C(F)(F)F)C2)C1=O. The normalized spacial score (nSPS) is 32.2. The number of amides is 1. The average molecular weight is 292 g/mol. The molecule has 3 nitrogen and oxygen atoms in total. The highest BCUT2D eigenvalue weighted by Crippen LogP contribution is 2.37. The van der Waals surface area contributed by atoms with Crippen molar-refractivity contribution in [3.63, 3.8) is 0 Å². The van der Waals surface area contributed by atoms with Gasteiger partial charge in [0, 0.05) is 18.6 Å². The maximum absolute atomic E-state index is 12.8. The number of nitrogens with zero attached hydrogens (tertiary/aromatic N) is 1. The van der Waals surface area contributed by atoms with Crippen molar-refractivity contribution in [2.45, 2.75) is 70.3 Å². The molecule has 2 aliphatic rings. The summed E-state index contributed by atoms with van der Waals surface area (Å²) in [6, 6.07) is -0.325. The molecule has 0 spiro atoms. The first-order valence-corrected chi connectivity index (χ1v) is 7.42. The first-order chi connectivity index (χ1) is 9.29. The molecule has 1 N–H and O–H groups in total. The van der Waals surface area contributed by atoms with Crippen molar-refractivity contribution in [2.75, 3.05) is 6.54 Å². The van der Waals surface area contributed by atoms with E-state index in [1.54, 1.807) is 4.90 Å². The molecule has 6 heteroatoms. The summed E-state index contributed by atoms with van der Waals surface area (Å²) in [5.74, 6) is -1.18. The minimum atomic E-state index is -4.11. The van der Waals surface area contributed by atoms with Crippen molar-refractivity contribution in [3.8, 4) is 0 Å². The van der Waals surface area contributed by atoms with Gasteiger partial charge in [-0.2, -0.15) is 13.2 Å². The summed E-state index contributed by atoms with van der Waals surface area (Å²) in [4.78, 5) is 13.9.